The highest BCUT2D eigenvalue weighted by atomic mass is 32.2. The van der Waals surface area contributed by atoms with Crippen LogP contribution in [0.15, 0.2) is 77.7 Å². The van der Waals surface area contributed by atoms with E-state index in [4.69, 9.17) is 9.47 Å². The summed E-state index contributed by atoms with van der Waals surface area (Å²) >= 11 is 0. The Balaban J connectivity index is 2.04. The van der Waals surface area contributed by atoms with Crippen molar-refractivity contribution in [3.63, 3.8) is 0 Å². The number of amides is 2. The van der Waals surface area contributed by atoms with E-state index in [-0.39, 0.29) is 23.0 Å². The van der Waals surface area contributed by atoms with Crippen molar-refractivity contribution in [1.82, 2.24) is 10.2 Å². The van der Waals surface area contributed by atoms with Gasteiger partial charge in [0.25, 0.3) is 10.0 Å². The number of nitrogens with one attached hydrogen (secondary N) is 1. The van der Waals surface area contributed by atoms with Crippen LogP contribution in [0.2, 0.25) is 0 Å². The normalized spacial score (nSPS) is 11.8. The summed E-state index contributed by atoms with van der Waals surface area (Å²) in [6, 6.07) is 16.9. The number of hydrogen-bond donors (Lipinski definition) is 1. The van der Waals surface area contributed by atoms with Gasteiger partial charge in [-0.1, -0.05) is 26.0 Å². The molecule has 0 bridgehead atoms. The summed E-state index contributed by atoms with van der Waals surface area (Å²) in [7, 11) is -2.76. The van der Waals surface area contributed by atoms with Crippen molar-refractivity contribution in [2.24, 2.45) is 0 Å². The van der Waals surface area contributed by atoms with Crippen molar-refractivity contribution in [2.45, 2.75) is 51.1 Å². The van der Waals surface area contributed by atoms with Crippen molar-refractivity contribution in [1.29, 1.82) is 0 Å². The highest BCUT2D eigenvalue weighted by molar-refractivity contribution is 7.92. The van der Waals surface area contributed by atoms with E-state index >= 15 is 0 Å². The second-order valence-electron chi connectivity index (χ2n) is 9.48. The first-order valence-corrected chi connectivity index (χ1v) is 15.3. The lowest BCUT2D eigenvalue weighted by Crippen LogP contribution is -2.52. The minimum absolute atomic E-state index is 0.0362. The number of nitrogens with zero attached hydrogens (tertiary/aromatic N) is 2. The second kappa shape index (κ2) is 15.2. The van der Waals surface area contributed by atoms with Gasteiger partial charge in [0.2, 0.25) is 11.8 Å². The van der Waals surface area contributed by atoms with E-state index in [0.717, 1.165) is 16.4 Å². The van der Waals surface area contributed by atoms with Crippen LogP contribution in [-0.2, 0) is 26.2 Å². The number of hydrogen-bond acceptors (Lipinski definition) is 6. The topological polar surface area (TPSA) is 105 Å². The summed E-state index contributed by atoms with van der Waals surface area (Å²) < 4.78 is 53.4. The van der Waals surface area contributed by atoms with E-state index in [1.165, 1.54) is 48.4 Å². The summed E-state index contributed by atoms with van der Waals surface area (Å²) in [5.41, 5.74) is 0.801. The number of anilines is 1. The monoisotopic (exact) mass is 599 g/mol. The maximum Gasteiger partial charge on any atom is 0.264 e. The van der Waals surface area contributed by atoms with E-state index in [9.17, 15) is 22.4 Å². The van der Waals surface area contributed by atoms with E-state index < -0.39 is 34.3 Å². The Hall–Kier alpha value is -4.12. The summed E-state index contributed by atoms with van der Waals surface area (Å²) in [4.78, 5) is 28.5. The van der Waals surface area contributed by atoms with Crippen LogP contribution in [0.4, 0.5) is 10.1 Å². The molecule has 2 amide bonds. The number of ether oxygens (including phenoxy) is 2. The summed E-state index contributed by atoms with van der Waals surface area (Å²) in [6.45, 7) is 5.79. The van der Waals surface area contributed by atoms with E-state index in [2.05, 4.69) is 5.32 Å². The Labute approximate surface area is 247 Å². The molecule has 0 unspecified atom stereocenters. The number of halogens is 1. The van der Waals surface area contributed by atoms with Crippen LogP contribution in [-0.4, -0.2) is 58.0 Å². The minimum atomic E-state index is -4.29. The Kier molecular flexibility index (Phi) is 11.7. The van der Waals surface area contributed by atoms with Crippen molar-refractivity contribution in [3.05, 3.63) is 84.2 Å². The molecule has 1 atom stereocenters. The van der Waals surface area contributed by atoms with Gasteiger partial charge < -0.3 is 19.7 Å². The SMILES string of the molecule is CCCNC(=O)[C@@H](CC)N(Cc1cccc(OC)c1)C(=O)CN(c1ccc(F)cc1)S(=O)(=O)c1ccc(OCC)cc1. The molecule has 3 rings (SSSR count). The first kappa shape index (κ1) is 32.4. The molecule has 42 heavy (non-hydrogen) atoms. The number of benzene rings is 3. The molecule has 0 heterocycles. The molecule has 0 saturated heterocycles. The molecule has 0 aliphatic rings. The first-order valence-electron chi connectivity index (χ1n) is 13.9. The molecule has 3 aromatic carbocycles. The van der Waals surface area contributed by atoms with Gasteiger partial charge >= 0.3 is 0 Å². The van der Waals surface area contributed by atoms with Gasteiger partial charge in [-0.15, -0.1) is 0 Å². The zero-order chi connectivity index (χ0) is 30.7. The third-order valence-corrected chi connectivity index (χ3v) is 8.33. The lowest BCUT2D eigenvalue weighted by Gasteiger charge is -2.33. The van der Waals surface area contributed by atoms with Crippen LogP contribution in [0, 0.1) is 5.82 Å². The molecule has 0 radical (unpaired) electrons. The maximum atomic E-state index is 14.1. The van der Waals surface area contributed by atoms with Crippen LogP contribution in [0.3, 0.4) is 0 Å². The van der Waals surface area contributed by atoms with Gasteiger partial charge in [-0.05, 0) is 86.0 Å². The predicted octanol–water partition coefficient (Wildman–Crippen LogP) is 4.76. The molecular weight excluding hydrogens is 561 g/mol. The highest BCUT2D eigenvalue weighted by Crippen LogP contribution is 2.27. The quantitative estimate of drug-likeness (QED) is 0.270. The number of methoxy groups -OCH3 is 1. The predicted molar refractivity (Wildman–Crippen MR) is 159 cm³/mol. The molecule has 11 heteroatoms. The average Bonchev–Trinajstić information content (AvgIpc) is 2.99. The molecule has 0 spiro atoms. The zero-order valence-electron chi connectivity index (χ0n) is 24.4. The van der Waals surface area contributed by atoms with Gasteiger partial charge in [0.1, 0.15) is 29.9 Å². The van der Waals surface area contributed by atoms with Gasteiger partial charge in [0.15, 0.2) is 0 Å². The molecule has 0 saturated carbocycles. The van der Waals surface area contributed by atoms with Gasteiger partial charge in [-0.2, -0.15) is 0 Å². The van der Waals surface area contributed by atoms with Crippen molar-refractivity contribution in [3.8, 4) is 11.5 Å². The zero-order valence-corrected chi connectivity index (χ0v) is 25.2. The van der Waals surface area contributed by atoms with Crippen LogP contribution < -0.4 is 19.1 Å². The van der Waals surface area contributed by atoms with Crippen LogP contribution >= 0.6 is 0 Å². The fourth-order valence-corrected chi connectivity index (χ4v) is 5.81. The maximum absolute atomic E-state index is 14.1. The molecule has 3 aromatic rings. The van der Waals surface area contributed by atoms with Crippen LogP contribution in [0.5, 0.6) is 11.5 Å². The van der Waals surface area contributed by atoms with Crippen molar-refractivity contribution < 1.29 is 31.9 Å². The molecule has 9 nitrogen and oxygen atoms in total. The van der Waals surface area contributed by atoms with Crippen LogP contribution in [0.25, 0.3) is 0 Å². The second-order valence-corrected chi connectivity index (χ2v) is 11.3. The molecule has 1 N–H and O–H groups in total. The first-order chi connectivity index (χ1) is 20.1. The van der Waals surface area contributed by atoms with Gasteiger partial charge in [0, 0.05) is 13.1 Å². The number of carbonyl (C=O) groups excluding carboxylic acids is 2. The highest BCUT2D eigenvalue weighted by Gasteiger charge is 2.33. The lowest BCUT2D eigenvalue weighted by atomic mass is 10.1. The van der Waals surface area contributed by atoms with E-state index in [1.807, 2.05) is 13.8 Å². The summed E-state index contributed by atoms with van der Waals surface area (Å²) in [6.07, 6.45) is 1.01. The van der Waals surface area contributed by atoms with Crippen molar-refractivity contribution >= 4 is 27.5 Å². The number of carbonyl (C=O) groups is 2. The number of rotatable bonds is 15. The van der Waals surface area contributed by atoms with Crippen molar-refractivity contribution in [2.75, 3.05) is 31.1 Å². The smallest absolute Gasteiger partial charge is 0.264 e. The lowest BCUT2D eigenvalue weighted by molar-refractivity contribution is -0.140. The molecule has 0 aromatic heterocycles. The van der Waals surface area contributed by atoms with Gasteiger partial charge in [-0.25, -0.2) is 12.8 Å². The Morgan fingerprint density at radius 1 is 0.952 bits per heavy atom. The largest absolute Gasteiger partial charge is 0.497 e. The minimum Gasteiger partial charge on any atom is -0.497 e. The molecule has 0 fully saturated rings. The fraction of sp³-hybridized carbons (Fsp3) is 0.355. The summed E-state index contributed by atoms with van der Waals surface area (Å²) in [5.74, 6) is -0.418. The Bertz CT molecular complexity index is 1430. The van der Waals surface area contributed by atoms with Gasteiger partial charge in [-0.3, -0.25) is 13.9 Å². The number of sulfonamides is 1. The fourth-order valence-electron chi connectivity index (χ4n) is 4.39. The molecular formula is C31H38FN3O6S. The third kappa shape index (κ3) is 8.22. The molecule has 0 aliphatic carbocycles. The van der Waals surface area contributed by atoms with E-state index in [1.54, 1.807) is 31.2 Å². The Morgan fingerprint density at radius 2 is 1.64 bits per heavy atom. The molecule has 226 valence electrons. The van der Waals surface area contributed by atoms with Crippen LogP contribution in [0.1, 0.15) is 39.2 Å². The van der Waals surface area contributed by atoms with Gasteiger partial charge in [0.05, 0.1) is 24.3 Å². The summed E-state index contributed by atoms with van der Waals surface area (Å²) in [5, 5.41) is 2.85. The third-order valence-electron chi connectivity index (χ3n) is 6.54. The average molecular weight is 600 g/mol. The Morgan fingerprint density at radius 3 is 2.24 bits per heavy atom. The van der Waals surface area contributed by atoms with E-state index in [0.29, 0.717) is 43.1 Å². The standard InChI is InChI=1S/C31H38FN3O6S/c1-5-19-33-31(37)29(6-2)34(21-23-9-8-10-27(20-23)40-4)30(36)22-35(25-13-11-24(32)12-14-25)42(38,39)28-17-15-26(16-18-28)41-7-3/h8-18,20,29H,5-7,19,21-22H2,1-4H3,(H,33,37)/t29-/m1/s1. The molecule has 0 aliphatic heterocycles.